The van der Waals surface area contributed by atoms with E-state index in [4.69, 9.17) is 4.42 Å². The van der Waals surface area contributed by atoms with Crippen molar-refractivity contribution in [2.24, 2.45) is 0 Å². The minimum Gasteiger partial charge on any atom is -0.460 e. The highest BCUT2D eigenvalue weighted by molar-refractivity contribution is 7.15. The van der Waals surface area contributed by atoms with Crippen molar-refractivity contribution in [3.8, 4) is 10.6 Å². The topological polar surface area (TPSA) is 38.1 Å². The minimum atomic E-state index is -0.184. The highest BCUT2D eigenvalue weighted by Gasteiger charge is 2.07. The summed E-state index contributed by atoms with van der Waals surface area (Å²) in [5.41, 5.74) is 0.999. The van der Waals surface area contributed by atoms with Gasteiger partial charge in [0.25, 0.3) is 0 Å². The summed E-state index contributed by atoms with van der Waals surface area (Å²) >= 11 is 1.62. The Labute approximate surface area is 132 Å². The fraction of sp³-hybridized carbons (Fsp3) is 0.235. The zero-order valence-corrected chi connectivity index (χ0v) is 13.1. The molecule has 0 aliphatic rings. The molecule has 0 fully saturated rings. The van der Waals surface area contributed by atoms with Gasteiger partial charge in [0.15, 0.2) is 0 Å². The number of rotatable bonds is 6. The fourth-order valence-electron chi connectivity index (χ4n) is 2.19. The van der Waals surface area contributed by atoms with Crippen molar-refractivity contribution >= 4 is 11.3 Å². The van der Waals surface area contributed by atoms with Crippen molar-refractivity contribution in [2.75, 3.05) is 6.54 Å². The van der Waals surface area contributed by atoms with Crippen LogP contribution in [-0.4, -0.2) is 11.5 Å². The van der Waals surface area contributed by atoms with Gasteiger partial charge in [0.2, 0.25) is 0 Å². The number of thiazole rings is 1. The summed E-state index contributed by atoms with van der Waals surface area (Å²) in [6.07, 6.45) is 2.64. The first-order valence-corrected chi connectivity index (χ1v) is 7.99. The summed E-state index contributed by atoms with van der Waals surface area (Å²) in [5.74, 6) is 1.58. The highest BCUT2D eigenvalue weighted by atomic mass is 32.1. The molecule has 1 N–H and O–H groups in total. The summed E-state index contributed by atoms with van der Waals surface area (Å²) in [6, 6.07) is 10.6. The number of halogens is 1. The van der Waals surface area contributed by atoms with E-state index in [9.17, 15) is 4.39 Å². The summed E-state index contributed by atoms with van der Waals surface area (Å²) in [6.45, 7) is 3.43. The molecule has 0 radical (unpaired) electrons. The predicted molar refractivity (Wildman–Crippen MR) is 86.4 cm³/mol. The third-order valence-electron chi connectivity index (χ3n) is 3.29. The van der Waals surface area contributed by atoms with Gasteiger partial charge in [-0.1, -0.05) is 12.1 Å². The summed E-state index contributed by atoms with van der Waals surface area (Å²) in [5, 5.41) is 4.35. The van der Waals surface area contributed by atoms with Gasteiger partial charge < -0.3 is 9.73 Å². The molecular weight excluding hydrogens is 299 g/mol. The lowest BCUT2D eigenvalue weighted by molar-refractivity contribution is 0.549. The summed E-state index contributed by atoms with van der Waals surface area (Å²) in [4.78, 5) is 5.43. The van der Waals surface area contributed by atoms with Crippen LogP contribution in [0.15, 0.2) is 47.0 Å². The average Bonchev–Trinajstić information content (AvgIpc) is 3.12. The quantitative estimate of drug-likeness (QED) is 0.693. The van der Waals surface area contributed by atoms with Crippen molar-refractivity contribution in [3.05, 3.63) is 64.7 Å². The van der Waals surface area contributed by atoms with Gasteiger partial charge in [-0.2, -0.15) is 0 Å². The van der Waals surface area contributed by atoms with Crippen molar-refractivity contribution in [1.82, 2.24) is 10.3 Å². The van der Waals surface area contributed by atoms with Gasteiger partial charge >= 0.3 is 0 Å². The van der Waals surface area contributed by atoms with Crippen LogP contribution in [0.4, 0.5) is 4.39 Å². The van der Waals surface area contributed by atoms with Crippen LogP contribution in [0.3, 0.4) is 0 Å². The van der Waals surface area contributed by atoms with Gasteiger partial charge in [0.05, 0.1) is 4.88 Å². The van der Waals surface area contributed by atoms with E-state index < -0.39 is 0 Å². The van der Waals surface area contributed by atoms with Crippen LogP contribution in [0, 0.1) is 12.7 Å². The molecule has 22 heavy (non-hydrogen) atoms. The lowest BCUT2D eigenvalue weighted by Gasteiger charge is -2.03. The summed E-state index contributed by atoms with van der Waals surface area (Å²) < 4.78 is 18.7. The molecule has 0 saturated heterocycles. The van der Waals surface area contributed by atoms with E-state index >= 15 is 0 Å². The van der Waals surface area contributed by atoms with Crippen LogP contribution in [0.1, 0.15) is 16.3 Å². The molecule has 0 atom stereocenters. The smallest absolute Gasteiger partial charge is 0.145 e. The molecule has 0 spiro atoms. The molecule has 0 aliphatic heterocycles. The fourth-order valence-corrected chi connectivity index (χ4v) is 3.04. The second kappa shape index (κ2) is 6.85. The zero-order valence-electron chi connectivity index (χ0n) is 12.3. The van der Waals surface area contributed by atoms with E-state index in [-0.39, 0.29) is 5.82 Å². The van der Waals surface area contributed by atoms with Gasteiger partial charge in [-0.3, -0.25) is 0 Å². The van der Waals surface area contributed by atoms with Crippen molar-refractivity contribution < 1.29 is 8.81 Å². The molecule has 3 nitrogen and oxygen atoms in total. The Morgan fingerprint density at radius 3 is 2.95 bits per heavy atom. The van der Waals surface area contributed by atoms with Crippen molar-refractivity contribution in [1.29, 1.82) is 0 Å². The molecule has 0 unspecified atom stereocenters. The second-order valence-corrected chi connectivity index (χ2v) is 6.20. The number of hydrogen-bond donors (Lipinski definition) is 1. The highest BCUT2D eigenvalue weighted by Crippen LogP contribution is 2.27. The van der Waals surface area contributed by atoms with Crippen LogP contribution in [0.5, 0.6) is 0 Å². The van der Waals surface area contributed by atoms with Crippen LogP contribution >= 0.6 is 11.3 Å². The number of benzene rings is 1. The van der Waals surface area contributed by atoms with Gasteiger partial charge in [-0.15, -0.1) is 11.3 Å². The average molecular weight is 316 g/mol. The first-order valence-electron chi connectivity index (χ1n) is 7.17. The monoisotopic (exact) mass is 316 g/mol. The zero-order chi connectivity index (χ0) is 15.4. The largest absolute Gasteiger partial charge is 0.460 e. The number of aromatic nitrogens is 1. The lowest BCUT2D eigenvalue weighted by Crippen LogP contribution is -2.16. The molecule has 0 bridgehead atoms. The Morgan fingerprint density at radius 2 is 2.18 bits per heavy atom. The van der Waals surface area contributed by atoms with Gasteiger partial charge in [-0.25, -0.2) is 9.37 Å². The van der Waals surface area contributed by atoms with E-state index in [0.717, 1.165) is 39.9 Å². The SMILES string of the molecule is Cc1ccc(-c2cnc(CNCCc3cccc(F)c3)s2)o1. The molecule has 5 heteroatoms. The molecule has 0 aliphatic carbocycles. The number of furan rings is 1. The maximum atomic E-state index is 13.1. The predicted octanol–water partition coefficient (Wildman–Crippen LogP) is 4.18. The van der Waals surface area contributed by atoms with Crippen LogP contribution in [-0.2, 0) is 13.0 Å². The first-order chi connectivity index (χ1) is 10.7. The van der Waals surface area contributed by atoms with Crippen molar-refractivity contribution in [3.63, 3.8) is 0 Å². The molecule has 3 rings (SSSR count). The first kappa shape index (κ1) is 14.9. The Kier molecular flexibility index (Phi) is 4.65. The van der Waals surface area contributed by atoms with Gasteiger partial charge in [-0.05, 0) is 49.7 Å². The van der Waals surface area contributed by atoms with Crippen LogP contribution < -0.4 is 5.32 Å². The van der Waals surface area contributed by atoms with Crippen LogP contribution in [0.2, 0.25) is 0 Å². The second-order valence-electron chi connectivity index (χ2n) is 5.09. The number of aryl methyl sites for hydroxylation is 1. The standard InChI is InChI=1S/C17H17FN2OS/c1-12-5-6-15(21-12)16-10-20-17(22-16)11-19-8-7-13-3-2-4-14(18)9-13/h2-6,9-10,19H,7-8,11H2,1H3. The third-order valence-corrected chi connectivity index (χ3v) is 4.30. The molecule has 114 valence electrons. The Morgan fingerprint density at radius 1 is 1.27 bits per heavy atom. The Balaban J connectivity index is 1.49. The third kappa shape index (κ3) is 3.81. The van der Waals surface area contributed by atoms with E-state index in [1.165, 1.54) is 6.07 Å². The maximum absolute atomic E-state index is 13.1. The lowest BCUT2D eigenvalue weighted by atomic mass is 10.1. The number of nitrogens with one attached hydrogen (secondary N) is 1. The number of hydrogen-bond acceptors (Lipinski definition) is 4. The van der Waals surface area contributed by atoms with E-state index in [1.54, 1.807) is 23.5 Å². The Hall–Kier alpha value is -1.98. The normalized spacial score (nSPS) is 11.0. The van der Waals surface area contributed by atoms with Crippen LogP contribution in [0.25, 0.3) is 10.6 Å². The van der Waals surface area contributed by atoms with E-state index in [2.05, 4.69) is 10.3 Å². The van der Waals surface area contributed by atoms with E-state index in [1.807, 2.05) is 31.3 Å². The number of nitrogens with zero attached hydrogens (tertiary/aromatic N) is 1. The molecule has 1 aromatic carbocycles. The molecule has 0 saturated carbocycles. The van der Waals surface area contributed by atoms with Gasteiger partial charge in [0, 0.05) is 12.7 Å². The molecule has 2 heterocycles. The molecule has 2 aromatic heterocycles. The van der Waals surface area contributed by atoms with Crippen molar-refractivity contribution in [2.45, 2.75) is 19.9 Å². The molecule has 3 aromatic rings. The van der Waals surface area contributed by atoms with E-state index in [0.29, 0.717) is 6.54 Å². The Bertz CT molecular complexity index is 750. The molecular formula is C17H17FN2OS. The maximum Gasteiger partial charge on any atom is 0.145 e. The minimum absolute atomic E-state index is 0.184. The summed E-state index contributed by atoms with van der Waals surface area (Å²) in [7, 11) is 0. The van der Waals surface area contributed by atoms with Gasteiger partial charge in [0.1, 0.15) is 22.3 Å². The molecule has 0 amide bonds.